The van der Waals surface area contributed by atoms with E-state index >= 15 is 0 Å². The largest absolute Gasteiger partial charge is 0.352 e. The first kappa shape index (κ1) is 10.7. The number of thiophene rings is 1. The van der Waals surface area contributed by atoms with Gasteiger partial charge in [-0.2, -0.15) is 0 Å². The fourth-order valence-corrected chi connectivity index (χ4v) is 3.15. The van der Waals surface area contributed by atoms with Crippen LogP contribution in [0.2, 0.25) is 0 Å². The third-order valence-corrected chi connectivity index (χ3v) is 4.14. The number of hydrogen-bond donors (Lipinski definition) is 1. The Hall–Kier alpha value is -1.39. The predicted octanol–water partition coefficient (Wildman–Crippen LogP) is 4.16. The number of ketones is 1. The number of halogens is 1. The summed E-state index contributed by atoms with van der Waals surface area (Å²) in [6.07, 6.45) is 1.89. The van der Waals surface area contributed by atoms with Crippen LogP contribution in [0.1, 0.15) is 15.2 Å². The summed E-state index contributed by atoms with van der Waals surface area (Å²) in [5.74, 6) is 0.0603. The van der Waals surface area contributed by atoms with Crippen molar-refractivity contribution < 1.29 is 4.79 Å². The highest BCUT2D eigenvalue weighted by molar-refractivity contribution is 9.11. The van der Waals surface area contributed by atoms with Gasteiger partial charge in [0, 0.05) is 16.1 Å². The number of para-hydroxylation sites is 1. The number of benzene rings is 1. The van der Waals surface area contributed by atoms with Crippen LogP contribution in [0.4, 0.5) is 5.69 Å². The molecule has 0 aliphatic carbocycles. The highest BCUT2D eigenvalue weighted by Gasteiger charge is 2.23. The van der Waals surface area contributed by atoms with E-state index in [2.05, 4.69) is 21.2 Å². The first-order valence-electron chi connectivity index (χ1n) is 5.12. The van der Waals surface area contributed by atoms with Crippen LogP contribution >= 0.6 is 27.3 Å². The first-order chi connectivity index (χ1) is 8.24. The fraction of sp³-hybridized carbons (Fsp3) is 0. The summed E-state index contributed by atoms with van der Waals surface area (Å²) in [6.45, 7) is 0. The second-order valence-corrected chi connectivity index (χ2v) is 6.19. The van der Waals surface area contributed by atoms with E-state index in [4.69, 9.17) is 0 Å². The number of anilines is 1. The molecule has 2 heterocycles. The fourth-order valence-electron chi connectivity index (χ4n) is 1.79. The zero-order valence-electron chi connectivity index (χ0n) is 8.74. The quantitative estimate of drug-likeness (QED) is 0.802. The molecular weight excluding hydrogens is 298 g/mol. The zero-order chi connectivity index (χ0) is 11.8. The SMILES string of the molecule is O=C1/C(=C/c2ccc(Br)s2)Nc2ccccc21. The number of carbonyl (C=O) groups is 1. The average Bonchev–Trinajstić information content (AvgIpc) is 2.86. The molecular formula is C13H8BrNOS. The number of rotatable bonds is 1. The number of hydrogen-bond acceptors (Lipinski definition) is 3. The molecule has 17 heavy (non-hydrogen) atoms. The van der Waals surface area contributed by atoms with Crippen LogP contribution in [0.3, 0.4) is 0 Å². The third kappa shape index (κ3) is 1.94. The Labute approximate surface area is 111 Å². The Morgan fingerprint density at radius 1 is 1.18 bits per heavy atom. The molecule has 4 heteroatoms. The molecule has 2 nitrogen and oxygen atoms in total. The van der Waals surface area contributed by atoms with E-state index in [1.807, 2.05) is 42.5 Å². The van der Waals surface area contributed by atoms with Gasteiger partial charge in [0.25, 0.3) is 0 Å². The van der Waals surface area contributed by atoms with Gasteiger partial charge in [-0.15, -0.1) is 11.3 Å². The Morgan fingerprint density at radius 3 is 2.71 bits per heavy atom. The van der Waals surface area contributed by atoms with Crippen LogP contribution < -0.4 is 5.32 Å². The molecule has 0 amide bonds. The van der Waals surface area contributed by atoms with Crippen LogP contribution in [0.15, 0.2) is 45.9 Å². The van der Waals surface area contributed by atoms with Crippen LogP contribution in [-0.4, -0.2) is 5.78 Å². The second-order valence-electron chi connectivity index (χ2n) is 3.70. The van der Waals surface area contributed by atoms with Crippen LogP contribution in [0.25, 0.3) is 6.08 Å². The summed E-state index contributed by atoms with van der Waals surface area (Å²) in [6, 6.07) is 11.5. The summed E-state index contributed by atoms with van der Waals surface area (Å²) in [5, 5.41) is 3.14. The van der Waals surface area contributed by atoms with E-state index in [0.717, 1.165) is 19.9 Å². The second kappa shape index (κ2) is 4.13. The highest BCUT2D eigenvalue weighted by atomic mass is 79.9. The highest BCUT2D eigenvalue weighted by Crippen LogP contribution is 2.30. The van der Waals surface area contributed by atoms with Gasteiger partial charge in [0.1, 0.15) is 0 Å². The number of carbonyl (C=O) groups excluding carboxylic acids is 1. The van der Waals surface area contributed by atoms with E-state index in [0.29, 0.717) is 5.70 Å². The molecule has 1 N–H and O–H groups in total. The molecule has 0 spiro atoms. The molecule has 3 rings (SSSR count). The predicted molar refractivity (Wildman–Crippen MR) is 74.4 cm³/mol. The lowest BCUT2D eigenvalue weighted by Crippen LogP contribution is -1.98. The monoisotopic (exact) mass is 305 g/mol. The number of Topliss-reactive ketones (excluding diaryl/α,β-unsaturated/α-hetero) is 1. The standard InChI is InChI=1S/C13H8BrNOS/c14-12-6-5-8(17-12)7-11-13(16)9-3-1-2-4-10(9)15-11/h1-7,15H/b11-7-. The van der Waals surface area contributed by atoms with Gasteiger partial charge >= 0.3 is 0 Å². The van der Waals surface area contributed by atoms with Gasteiger partial charge < -0.3 is 5.32 Å². The van der Waals surface area contributed by atoms with Crippen molar-refractivity contribution in [2.45, 2.75) is 0 Å². The molecule has 0 radical (unpaired) electrons. The lowest BCUT2D eigenvalue weighted by molar-refractivity contribution is 0.104. The Kier molecular flexibility index (Phi) is 2.61. The molecule has 1 aliphatic heterocycles. The third-order valence-electron chi connectivity index (χ3n) is 2.57. The maximum absolute atomic E-state index is 12.1. The summed E-state index contributed by atoms with van der Waals surface area (Å²) in [5.41, 5.74) is 2.27. The van der Waals surface area contributed by atoms with E-state index < -0.39 is 0 Å². The number of nitrogens with one attached hydrogen (secondary N) is 1. The van der Waals surface area contributed by atoms with Gasteiger partial charge in [-0.25, -0.2) is 0 Å². The van der Waals surface area contributed by atoms with Crippen molar-refractivity contribution in [1.29, 1.82) is 0 Å². The molecule has 0 unspecified atom stereocenters. The molecule has 0 saturated heterocycles. The van der Waals surface area contributed by atoms with Gasteiger partial charge in [-0.05, 0) is 46.3 Å². The molecule has 1 aromatic heterocycles. The lowest BCUT2D eigenvalue weighted by Gasteiger charge is -1.96. The molecule has 1 aromatic carbocycles. The van der Waals surface area contributed by atoms with Crippen molar-refractivity contribution in [2.24, 2.45) is 0 Å². The van der Waals surface area contributed by atoms with Crippen LogP contribution in [0.5, 0.6) is 0 Å². The van der Waals surface area contributed by atoms with E-state index in [-0.39, 0.29) is 5.78 Å². The lowest BCUT2D eigenvalue weighted by atomic mass is 10.1. The Bertz CT molecular complexity index is 630. The number of allylic oxidation sites excluding steroid dienone is 1. The normalized spacial score (nSPS) is 16.1. The van der Waals surface area contributed by atoms with Crippen molar-refractivity contribution in [1.82, 2.24) is 0 Å². The summed E-state index contributed by atoms with van der Waals surface area (Å²) in [4.78, 5) is 13.1. The van der Waals surface area contributed by atoms with Gasteiger partial charge in [-0.1, -0.05) is 12.1 Å². The minimum atomic E-state index is 0.0603. The van der Waals surface area contributed by atoms with Crippen LogP contribution in [-0.2, 0) is 0 Å². The molecule has 0 atom stereocenters. The minimum absolute atomic E-state index is 0.0603. The molecule has 0 fully saturated rings. The van der Waals surface area contributed by atoms with Gasteiger partial charge in [0.05, 0.1) is 9.48 Å². The minimum Gasteiger partial charge on any atom is -0.352 e. The van der Waals surface area contributed by atoms with Crippen molar-refractivity contribution in [3.63, 3.8) is 0 Å². The van der Waals surface area contributed by atoms with E-state index in [1.54, 1.807) is 11.3 Å². The molecule has 1 aliphatic rings. The first-order valence-corrected chi connectivity index (χ1v) is 6.73. The Morgan fingerprint density at radius 2 is 2.00 bits per heavy atom. The number of fused-ring (bicyclic) bond motifs is 1. The average molecular weight is 306 g/mol. The summed E-state index contributed by atoms with van der Waals surface area (Å²) < 4.78 is 1.06. The smallest absolute Gasteiger partial charge is 0.211 e. The molecule has 2 aromatic rings. The van der Waals surface area contributed by atoms with Gasteiger partial charge in [0.2, 0.25) is 5.78 Å². The van der Waals surface area contributed by atoms with Crippen molar-refractivity contribution in [3.05, 3.63) is 56.3 Å². The molecule has 0 saturated carbocycles. The Balaban J connectivity index is 1.99. The van der Waals surface area contributed by atoms with Crippen LogP contribution in [0, 0.1) is 0 Å². The van der Waals surface area contributed by atoms with Crippen molar-refractivity contribution >= 4 is 44.8 Å². The van der Waals surface area contributed by atoms with Gasteiger partial charge in [-0.3, -0.25) is 4.79 Å². The molecule has 0 bridgehead atoms. The van der Waals surface area contributed by atoms with Crippen molar-refractivity contribution in [3.8, 4) is 0 Å². The van der Waals surface area contributed by atoms with Gasteiger partial charge in [0.15, 0.2) is 0 Å². The zero-order valence-corrected chi connectivity index (χ0v) is 11.1. The summed E-state index contributed by atoms with van der Waals surface area (Å²) in [7, 11) is 0. The maximum atomic E-state index is 12.1. The van der Waals surface area contributed by atoms with Crippen molar-refractivity contribution in [2.75, 3.05) is 5.32 Å². The van der Waals surface area contributed by atoms with E-state index in [9.17, 15) is 4.79 Å². The molecule has 84 valence electrons. The van der Waals surface area contributed by atoms with E-state index in [1.165, 1.54) is 0 Å². The topological polar surface area (TPSA) is 29.1 Å². The summed E-state index contributed by atoms with van der Waals surface area (Å²) >= 11 is 5.01. The maximum Gasteiger partial charge on any atom is 0.211 e.